The van der Waals surface area contributed by atoms with Crippen molar-refractivity contribution < 1.29 is 4.79 Å². The maximum atomic E-state index is 11.9. The van der Waals surface area contributed by atoms with Gasteiger partial charge in [0.15, 0.2) is 0 Å². The smallest absolute Gasteiger partial charge is 0.251 e. The van der Waals surface area contributed by atoms with E-state index in [1.54, 1.807) is 0 Å². The average Bonchev–Trinajstić information content (AvgIpc) is 2.92. The van der Waals surface area contributed by atoms with Crippen LogP contribution in [0.25, 0.3) is 0 Å². The topological polar surface area (TPSA) is 41.1 Å². The third-order valence-corrected chi connectivity index (χ3v) is 3.57. The molecule has 3 heteroatoms. The fourth-order valence-electron chi connectivity index (χ4n) is 2.36. The number of carbonyl (C=O) groups is 1. The second-order valence-electron chi connectivity index (χ2n) is 4.89. The molecule has 0 aliphatic carbocycles. The highest BCUT2D eigenvalue weighted by molar-refractivity contribution is 5.94. The van der Waals surface area contributed by atoms with E-state index < -0.39 is 0 Å². The number of hydrogen-bond donors (Lipinski definition) is 2. The molecule has 0 saturated carbocycles. The van der Waals surface area contributed by atoms with Crippen molar-refractivity contribution in [3.05, 3.63) is 35.4 Å². The van der Waals surface area contributed by atoms with Gasteiger partial charge in [-0.05, 0) is 49.9 Å². The lowest BCUT2D eigenvalue weighted by atomic mass is 10.1. The van der Waals surface area contributed by atoms with Crippen molar-refractivity contribution in [3.8, 4) is 0 Å². The normalized spacial score (nSPS) is 18.8. The second-order valence-corrected chi connectivity index (χ2v) is 4.89. The van der Waals surface area contributed by atoms with Gasteiger partial charge in [-0.2, -0.15) is 0 Å². The Morgan fingerprint density at radius 2 is 2.17 bits per heavy atom. The van der Waals surface area contributed by atoms with E-state index in [4.69, 9.17) is 0 Å². The lowest BCUT2D eigenvalue weighted by Gasteiger charge is -2.10. The predicted octanol–water partition coefficient (Wildman–Crippen LogP) is 2.12. The predicted molar refractivity (Wildman–Crippen MR) is 73.8 cm³/mol. The zero-order valence-corrected chi connectivity index (χ0v) is 11.0. The average molecular weight is 246 g/mol. The third kappa shape index (κ3) is 3.57. The SMILES string of the molecule is CCc1ccc(C(=O)NCC[C@@H]2CCCN2)cc1. The van der Waals surface area contributed by atoms with E-state index in [-0.39, 0.29) is 5.91 Å². The first-order chi connectivity index (χ1) is 8.79. The van der Waals surface area contributed by atoms with E-state index in [9.17, 15) is 4.79 Å². The fourth-order valence-corrected chi connectivity index (χ4v) is 2.36. The van der Waals surface area contributed by atoms with Gasteiger partial charge in [-0.25, -0.2) is 0 Å². The monoisotopic (exact) mass is 246 g/mol. The van der Waals surface area contributed by atoms with Gasteiger partial charge in [-0.3, -0.25) is 4.79 Å². The number of hydrogen-bond acceptors (Lipinski definition) is 2. The van der Waals surface area contributed by atoms with Crippen molar-refractivity contribution in [1.29, 1.82) is 0 Å². The van der Waals surface area contributed by atoms with Gasteiger partial charge in [0.05, 0.1) is 0 Å². The molecule has 1 aliphatic rings. The molecule has 0 aromatic heterocycles. The lowest BCUT2D eigenvalue weighted by Crippen LogP contribution is -2.30. The van der Waals surface area contributed by atoms with Crippen LogP contribution in [0.1, 0.15) is 42.1 Å². The standard InChI is InChI=1S/C15H22N2O/c1-2-12-5-7-13(8-6-12)15(18)17-11-9-14-4-3-10-16-14/h5-8,14,16H,2-4,9-11H2,1H3,(H,17,18)/t14-/m0/s1. The molecule has 1 aromatic rings. The van der Waals surface area contributed by atoms with E-state index in [1.807, 2.05) is 24.3 Å². The molecule has 1 saturated heterocycles. The van der Waals surface area contributed by atoms with E-state index in [1.165, 1.54) is 18.4 Å². The second kappa shape index (κ2) is 6.55. The molecule has 0 unspecified atom stereocenters. The minimum Gasteiger partial charge on any atom is -0.352 e. The number of rotatable bonds is 5. The van der Waals surface area contributed by atoms with Crippen LogP contribution in [0.2, 0.25) is 0 Å². The zero-order chi connectivity index (χ0) is 12.8. The van der Waals surface area contributed by atoms with E-state index in [0.717, 1.165) is 31.5 Å². The molecular formula is C15H22N2O. The summed E-state index contributed by atoms with van der Waals surface area (Å²) in [5.74, 6) is 0.0376. The van der Waals surface area contributed by atoms with Crippen molar-refractivity contribution in [3.63, 3.8) is 0 Å². The van der Waals surface area contributed by atoms with Crippen LogP contribution in [0.3, 0.4) is 0 Å². The van der Waals surface area contributed by atoms with Crippen molar-refractivity contribution in [2.75, 3.05) is 13.1 Å². The Balaban J connectivity index is 1.76. The summed E-state index contributed by atoms with van der Waals surface area (Å²) in [4.78, 5) is 11.9. The molecule has 1 heterocycles. The quantitative estimate of drug-likeness (QED) is 0.835. The Labute approximate surface area is 109 Å². The van der Waals surface area contributed by atoms with Gasteiger partial charge in [-0.15, -0.1) is 0 Å². The summed E-state index contributed by atoms with van der Waals surface area (Å²) in [7, 11) is 0. The van der Waals surface area contributed by atoms with Crippen LogP contribution in [-0.4, -0.2) is 25.0 Å². The van der Waals surface area contributed by atoms with Crippen LogP contribution in [-0.2, 0) is 6.42 Å². The van der Waals surface area contributed by atoms with Gasteiger partial charge < -0.3 is 10.6 Å². The van der Waals surface area contributed by atoms with Gasteiger partial charge in [-0.1, -0.05) is 19.1 Å². The van der Waals surface area contributed by atoms with Gasteiger partial charge in [0, 0.05) is 18.2 Å². The van der Waals surface area contributed by atoms with Gasteiger partial charge >= 0.3 is 0 Å². The maximum Gasteiger partial charge on any atom is 0.251 e. The van der Waals surface area contributed by atoms with Crippen molar-refractivity contribution in [2.24, 2.45) is 0 Å². The number of aryl methyl sites for hydroxylation is 1. The van der Waals surface area contributed by atoms with Crippen LogP contribution in [0.15, 0.2) is 24.3 Å². The van der Waals surface area contributed by atoms with Crippen molar-refractivity contribution in [1.82, 2.24) is 10.6 Å². The summed E-state index contributed by atoms with van der Waals surface area (Å²) in [5.41, 5.74) is 2.02. The molecule has 3 nitrogen and oxygen atoms in total. The molecule has 2 rings (SSSR count). The molecule has 18 heavy (non-hydrogen) atoms. The summed E-state index contributed by atoms with van der Waals surface area (Å²) in [6, 6.07) is 8.44. The highest BCUT2D eigenvalue weighted by Gasteiger charge is 2.13. The van der Waals surface area contributed by atoms with E-state index >= 15 is 0 Å². The Kier molecular flexibility index (Phi) is 4.76. The number of carbonyl (C=O) groups excluding carboxylic acids is 1. The summed E-state index contributed by atoms with van der Waals surface area (Å²) < 4.78 is 0. The first kappa shape index (κ1) is 13.1. The maximum absolute atomic E-state index is 11.9. The van der Waals surface area contributed by atoms with Crippen LogP contribution in [0.4, 0.5) is 0 Å². The molecule has 0 radical (unpaired) electrons. The molecule has 1 aliphatic heterocycles. The number of benzene rings is 1. The Bertz CT molecular complexity index is 380. The summed E-state index contributed by atoms with van der Waals surface area (Å²) >= 11 is 0. The van der Waals surface area contributed by atoms with Crippen LogP contribution >= 0.6 is 0 Å². The van der Waals surface area contributed by atoms with Crippen molar-refractivity contribution in [2.45, 2.75) is 38.6 Å². The Morgan fingerprint density at radius 1 is 1.39 bits per heavy atom. The Morgan fingerprint density at radius 3 is 2.78 bits per heavy atom. The largest absolute Gasteiger partial charge is 0.352 e. The molecule has 0 bridgehead atoms. The van der Waals surface area contributed by atoms with Gasteiger partial charge in [0.25, 0.3) is 5.91 Å². The van der Waals surface area contributed by atoms with E-state index in [2.05, 4.69) is 17.6 Å². The molecule has 98 valence electrons. The summed E-state index contributed by atoms with van der Waals surface area (Å²) in [5, 5.41) is 6.42. The number of amides is 1. The minimum absolute atomic E-state index is 0.0376. The molecule has 1 atom stereocenters. The molecule has 2 N–H and O–H groups in total. The van der Waals surface area contributed by atoms with Gasteiger partial charge in [0.2, 0.25) is 0 Å². The van der Waals surface area contributed by atoms with Crippen LogP contribution in [0.5, 0.6) is 0 Å². The van der Waals surface area contributed by atoms with Crippen molar-refractivity contribution >= 4 is 5.91 Å². The van der Waals surface area contributed by atoms with Crippen LogP contribution < -0.4 is 10.6 Å². The minimum atomic E-state index is 0.0376. The molecule has 1 amide bonds. The number of nitrogens with one attached hydrogen (secondary N) is 2. The van der Waals surface area contributed by atoms with Gasteiger partial charge in [0.1, 0.15) is 0 Å². The summed E-state index contributed by atoms with van der Waals surface area (Å²) in [6.07, 6.45) is 4.53. The highest BCUT2D eigenvalue weighted by atomic mass is 16.1. The lowest BCUT2D eigenvalue weighted by molar-refractivity contribution is 0.0952. The highest BCUT2D eigenvalue weighted by Crippen LogP contribution is 2.08. The third-order valence-electron chi connectivity index (χ3n) is 3.57. The fraction of sp³-hybridized carbons (Fsp3) is 0.533. The van der Waals surface area contributed by atoms with E-state index in [0.29, 0.717) is 6.04 Å². The summed E-state index contributed by atoms with van der Waals surface area (Å²) in [6.45, 7) is 3.99. The molecule has 0 spiro atoms. The Hall–Kier alpha value is -1.35. The first-order valence-electron chi connectivity index (χ1n) is 6.90. The zero-order valence-electron chi connectivity index (χ0n) is 11.0. The molecule has 1 fully saturated rings. The molecular weight excluding hydrogens is 224 g/mol. The van der Waals surface area contributed by atoms with Crippen LogP contribution in [0, 0.1) is 0 Å². The first-order valence-corrected chi connectivity index (χ1v) is 6.90. The molecule has 1 aromatic carbocycles.